The Labute approximate surface area is 81.6 Å². The summed E-state index contributed by atoms with van der Waals surface area (Å²) in [6.45, 7) is 0. The lowest BCUT2D eigenvalue weighted by molar-refractivity contribution is 0.364. The first-order chi connectivity index (χ1) is 6.56. The fourth-order valence-corrected chi connectivity index (χ4v) is 1.93. The lowest BCUT2D eigenvalue weighted by atomic mass is 10.2. The molecule has 2 aromatic rings. The number of benzene rings is 1. The van der Waals surface area contributed by atoms with Crippen molar-refractivity contribution in [2.45, 2.75) is 4.90 Å². The molecular formula is C8H6F5NS. The lowest BCUT2D eigenvalue weighted by Crippen LogP contribution is -2.05. The van der Waals surface area contributed by atoms with E-state index in [1.807, 2.05) is 0 Å². The molecule has 2 rings (SSSR count). The number of hydrogen-bond donors (Lipinski definition) is 1. The molecular weight excluding hydrogens is 237 g/mol. The quantitative estimate of drug-likeness (QED) is 0.691. The molecule has 1 aromatic carbocycles. The van der Waals surface area contributed by atoms with Crippen LogP contribution in [0.3, 0.4) is 0 Å². The Bertz CT molecular complexity index is 526. The normalized spacial score (nSPS) is 17.4. The summed E-state index contributed by atoms with van der Waals surface area (Å²) in [7, 11) is -9.55. The highest BCUT2D eigenvalue weighted by atomic mass is 32.5. The van der Waals surface area contributed by atoms with Crippen molar-refractivity contribution in [1.82, 2.24) is 4.98 Å². The summed E-state index contributed by atoms with van der Waals surface area (Å²) in [6, 6.07) is 3.35. The molecule has 0 saturated carbocycles. The van der Waals surface area contributed by atoms with Gasteiger partial charge in [-0.05, 0) is 23.6 Å². The SMILES string of the molecule is FS(F)(F)(F)(F)c1ccc2cc[nH]c2c1. The van der Waals surface area contributed by atoms with Gasteiger partial charge in [0.1, 0.15) is 4.90 Å². The van der Waals surface area contributed by atoms with E-state index in [-0.39, 0.29) is 5.52 Å². The summed E-state index contributed by atoms with van der Waals surface area (Å²) in [4.78, 5) is 0.582. The minimum atomic E-state index is -9.55. The molecule has 1 N–H and O–H groups in total. The van der Waals surface area contributed by atoms with Crippen LogP contribution in [0, 0.1) is 0 Å². The van der Waals surface area contributed by atoms with E-state index in [1.54, 1.807) is 0 Å². The van der Waals surface area contributed by atoms with Crippen molar-refractivity contribution in [1.29, 1.82) is 0 Å². The smallest absolute Gasteiger partial charge is 0.310 e. The minimum absolute atomic E-state index is 0.0424. The standard InChI is InChI=1S/C8H6F5NS/c9-15(10,11,12,13)7-2-1-6-3-4-14-8(6)5-7/h1-5,14H. The summed E-state index contributed by atoms with van der Waals surface area (Å²) in [5.74, 6) is 0. The number of halogens is 5. The molecule has 0 amide bonds. The van der Waals surface area contributed by atoms with Crippen LogP contribution in [0.4, 0.5) is 19.4 Å². The number of hydrogen-bond acceptors (Lipinski definition) is 0. The molecule has 1 heterocycles. The van der Waals surface area contributed by atoms with Crippen LogP contribution in [0.1, 0.15) is 0 Å². The van der Waals surface area contributed by atoms with Crippen LogP contribution in [0.25, 0.3) is 10.9 Å². The fourth-order valence-electron chi connectivity index (χ4n) is 1.27. The summed E-state index contributed by atoms with van der Waals surface area (Å²) in [5, 5.41) is 0.459. The topological polar surface area (TPSA) is 15.8 Å². The second kappa shape index (κ2) is 2.13. The van der Waals surface area contributed by atoms with Crippen molar-refractivity contribution in [2.24, 2.45) is 0 Å². The minimum Gasteiger partial charge on any atom is -0.361 e. The van der Waals surface area contributed by atoms with Crippen molar-refractivity contribution in [2.75, 3.05) is 0 Å². The molecule has 0 spiro atoms. The van der Waals surface area contributed by atoms with Gasteiger partial charge in [0.15, 0.2) is 0 Å². The van der Waals surface area contributed by atoms with Gasteiger partial charge in [-0.15, -0.1) is 0 Å². The summed E-state index contributed by atoms with van der Waals surface area (Å²) < 4.78 is 61.8. The van der Waals surface area contributed by atoms with Gasteiger partial charge in [-0.2, -0.15) is 0 Å². The molecule has 0 aliphatic heterocycles. The van der Waals surface area contributed by atoms with E-state index in [4.69, 9.17) is 0 Å². The molecule has 0 atom stereocenters. The van der Waals surface area contributed by atoms with Crippen molar-refractivity contribution in [3.63, 3.8) is 0 Å². The molecule has 7 heteroatoms. The highest BCUT2D eigenvalue weighted by molar-refractivity contribution is 8.45. The van der Waals surface area contributed by atoms with Gasteiger partial charge >= 0.3 is 10.2 Å². The molecule has 0 unspecified atom stereocenters. The molecule has 0 aliphatic rings. The Kier molecular flexibility index (Phi) is 1.46. The molecule has 15 heavy (non-hydrogen) atoms. The van der Waals surface area contributed by atoms with Crippen molar-refractivity contribution < 1.29 is 19.4 Å². The lowest BCUT2D eigenvalue weighted by Gasteiger charge is -2.40. The maximum atomic E-state index is 12.4. The van der Waals surface area contributed by atoms with Gasteiger partial charge in [-0.25, -0.2) is 0 Å². The zero-order valence-electron chi connectivity index (χ0n) is 7.18. The maximum absolute atomic E-state index is 12.4. The zero-order valence-corrected chi connectivity index (χ0v) is 8.00. The largest absolute Gasteiger partial charge is 0.361 e. The van der Waals surface area contributed by atoms with E-state index >= 15 is 0 Å². The van der Waals surface area contributed by atoms with Crippen molar-refractivity contribution >= 4 is 21.1 Å². The Balaban J connectivity index is 2.74. The van der Waals surface area contributed by atoms with E-state index in [0.29, 0.717) is 17.5 Å². The predicted octanol–water partition coefficient (Wildman–Crippen LogP) is 4.83. The van der Waals surface area contributed by atoms with Crippen molar-refractivity contribution in [3.8, 4) is 0 Å². The molecule has 0 aliphatic carbocycles. The summed E-state index contributed by atoms with van der Waals surface area (Å²) >= 11 is 0. The Morgan fingerprint density at radius 2 is 1.60 bits per heavy atom. The summed E-state index contributed by atoms with van der Waals surface area (Å²) in [6.07, 6.45) is 1.39. The second-order valence-electron chi connectivity index (χ2n) is 3.20. The average Bonchev–Trinajstić information content (AvgIpc) is 2.45. The number of rotatable bonds is 1. The third-order valence-corrected chi connectivity index (χ3v) is 3.12. The molecule has 1 aromatic heterocycles. The maximum Gasteiger partial charge on any atom is 0.310 e. The van der Waals surface area contributed by atoms with Crippen LogP contribution >= 0.6 is 10.2 Å². The Morgan fingerprint density at radius 1 is 0.933 bits per heavy atom. The number of aromatic nitrogens is 1. The monoisotopic (exact) mass is 243 g/mol. The van der Waals surface area contributed by atoms with Crippen LogP contribution in [0.15, 0.2) is 35.4 Å². The van der Waals surface area contributed by atoms with Crippen LogP contribution in [0.5, 0.6) is 0 Å². The average molecular weight is 243 g/mol. The van der Waals surface area contributed by atoms with Gasteiger partial charge in [0, 0.05) is 11.7 Å². The molecule has 1 nitrogen and oxygen atoms in total. The van der Waals surface area contributed by atoms with E-state index in [9.17, 15) is 19.4 Å². The van der Waals surface area contributed by atoms with E-state index in [0.717, 1.165) is 6.07 Å². The fraction of sp³-hybridized carbons (Fsp3) is 0. The van der Waals surface area contributed by atoms with Gasteiger partial charge in [0.2, 0.25) is 0 Å². The number of aromatic amines is 1. The summed E-state index contributed by atoms with van der Waals surface area (Å²) in [5.41, 5.74) is 0.0424. The van der Waals surface area contributed by atoms with Gasteiger partial charge in [-0.1, -0.05) is 25.5 Å². The molecule has 0 fully saturated rings. The van der Waals surface area contributed by atoms with Gasteiger partial charge in [-0.3, -0.25) is 0 Å². The van der Waals surface area contributed by atoms with Crippen LogP contribution in [0.2, 0.25) is 0 Å². The van der Waals surface area contributed by atoms with Gasteiger partial charge in [0.05, 0.1) is 0 Å². The van der Waals surface area contributed by atoms with Gasteiger partial charge in [0.25, 0.3) is 0 Å². The Hall–Kier alpha value is -1.24. The first kappa shape index (κ1) is 10.3. The highest BCUT2D eigenvalue weighted by Crippen LogP contribution is 3.02. The van der Waals surface area contributed by atoms with E-state index in [1.165, 1.54) is 12.3 Å². The molecule has 0 bridgehead atoms. The molecule has 84 valence electrons. The molecule has 0 saturated heterocycles. The van der Waals surface area contributed by atoms with E-state index in [2.05, 4.69) is 4.98 Å². The van der Waals surface area contributed by atoms with Crippen molar-refractivity contribution in [3.05, 3.63) is 30.5 Å². The second-order valence-corrected chi connectivity index (χ2v) is 5.61. The number of fused-ring (bicyclic) bond motifs is 1. The first-order valence-electron chi connectivity index (χ1n) is 3.87. The molecule has 0 radical (unpaired) electrons. The highest BCUT2D eigenvalue weighted by Gasteiger charge is 2.65. The van der Waals surface area contributed by atoms with Crippen LogP contribution in [-0.4, -0.2) is 4.98 Å². The van der Waals surface area contributed by atoms with Gasteiger partial charge < -0.3 is 4.98 Å². The Morgan fingerprint density at radius 3 is 2.20 bits per heavy atom. The third-order valence-electron chi connectivity index (χ3n) is 1.97. The van der Waals surface area contributed by atoms with E-state index < -0.39 is 15.1 Å². The predicted molar refractivity (Wildman–Crippen MR) is 49.7 cm³/mol. The first-order valence-corrected chi connectivity index (χ1v) is 5.83. The zero-order chi connectivity index (χ0) is 11.4. The number of H-pyrrole nitrogens is 1. The van der Waals surface area contributed by atoms with Crippen LogP contribution < -0.4 is 0 Å². The number of nitrogens with one attached hydrogen (secondary N) is 1. The van der Waals surface area contributed by atoms with Crippen LogP contribution in [-0.2, 0) is 0 Å². The third kappa shape index (κ3) is 1.92.